The lowest BCUT2D eigenvalue weighted by atomic mass is 9.38. The highest BCUT2D eigenvalue weighted by atomic mass is 16.6. The Hall–Kier alpha value is -2.55. The van der Waals surface area contributed by atoms with E-state index in [9.17, 15) is 24.0 Å². The van der Waals surface area contributed by atoms with Gasteiger partial charge in [0.05, 0.1) is 36.6 Å². The number of methoxy groups -OCH3 is 2. The topological polar surface area (TPSA) is 122 Å². The van der Waals surface area contributed by atoms with Crippen LogP contribution in [0.2, 0.25) is 0 Å². The SMILES string of the molecule is COC(=O)C1C2(C)CCC3C(C=O)(CCC(OC(C)=O)C3(C)C)C2=CC2(C)OC(C)(C(=O)OC)C(=O)C12C. The summed E-state index contributed by atoms with van der Waals surface area (Å²) in [6, 6.07) is 0. The van der Waals surface area contributed by atoms with Gasteiger partial charge in [0.25, 0.3) is 0 Å². The molecule has 8 atom stereocenters. The Morgan fingerprint density at radius 3 is 2.16 bits per heavy atom. The maximum atomic E-state index is 14.1. The molecule has 0 spiro atoms. The molecule has 0 aromatic rings. The van der Waals surface area contributed by atoms with E-state index in [4.69, 9.17) is 18.9 Å². The van der Waals surface area contributed by atoms with E-state index in [2.05, 4.69) is 0 Å². The van der Waals surface area contributed by atoms with Crippen LogP contribution in [0.15, 0.2) is 11.6 Å². The van der Waals surface area contributed by atoms with Gasteiger partial charge in [-0.2, -0.15) is 0 Å². The molecule has 3 aliphatic carbocycles. The van der Waals surface area contributed by atoms with Crippen LogP contribution in [0.1, 0.15) is 74.1 Å². The molecule has 9 nitrogen and oxygen atoms in total. The minimum Gasteiger partial charge on any atom is -0.469 e. The van der Waals surface area contributed by atoms with Crippen molar-refractivity contribution in [3.63, 3.8) is 0 Å². The zero-order valence-corrected chi connectivity index (χ0v) is 23.9. The Bertz CT molecular complexity index is 1140. The number of esters is 3. The van der Waals surface area contributed by atoms with Gasteiger partial charge in [0.1, 0.15) is 12.4 Å². The molecule has 2 saturated carbocycles. The minimum absolute atomic E-state index is 0.194. The monoisotopic (exact) mass is 532 g/mol. The van der Waals surface area contributed by atoms with Crippen LogP contribution in [0.25, 0.3) is 0 Å². The Balaban J connectivity index is 1.99. The smallest absolute Gasteiger partial charge is 0.345 e. The van der Waals surface area contributed by atoms with Crippen LogP contribution in [0, 0.1) is 33.5 Å². The summed E-state index contributed by atoms with van der Waals surface area (Å²) >= 11 is 0. The quantitative estimate of drug-likeness (QED) is 0.176. The number of Topliss-reactive ketones (excluding diaryl/α,β-unsaturated/α-hetero) is 1. The summed E-state index contributed by atoms with van der Waals surface area (Å²) in [6.07, 6.45) is 4.38. The molecule has 0 aromatic heterocycles. The molecule has 1 heterocycles. The van der Waals surface area contributed by atoms with Crippen molar-refractivity contribution in [1.29, 1.82) is 0 Å². The highest BCUT2D eigenvalue weighted by Gasteiger charge is 2.78. The maximum absolute atomic E-state index is 14.1. The molecule has 0 radical (unpaired) electrons. The number of hydrogen-bond donors (Lipinski definition) is 0. The lowest BCUT2D eigenvalue weighted by Crippen LogP contribution is -2.66. The lowest BCUT2D eigenvalue weighted by molar-refractivity contribution is -0.188. The number of rotatable bonds is 4. The van der Waals surface area contributed by atoms with Crippen molar-refractivity contribution in [3.8, 4) is 0 Å². The fourth-order valence-corrected chi connectivity index (χ4v) is 8.83. The molecule has 0 amide bonds. The fraction of sp³-hybridized carbons (Fsp3) is 0.759. The molecule has 9 heteroatoms. The molecule has 1 saturated heterocycles. The van der Waals surface area contributed by atoms with Crippen LogP contribution >= 0.6 is 0 Å². The second kappa shape index (κ2) is 8.47. The molecule has 210 valence electrons. The predicted octanol–water partition coefficient (Wildman–Crippen LogP) is 3.36. The molecule has 0 N–H and O–H groups in total. The number of ether oxygens (including phenoxy) is 4. The van der Waals surface area contributed by atoms with Crippen molar-refractivity contribution in [2.24, 2.45) is 33.5 Å². The maximum Gasteiger partial charge on any atom is 0.345 e. The highest BCUT2D eigenvalue weighted by Crippen LogP contribution is 2.72. The largest absolute Gasteiger partial charge is 0.469 e. The van der Waals surface area contributed by atoms with Crippen LogP contribution < -0.4 is 0 Å². The third kappa shape index (κ3) is 3.23. The molecule has 1 aliphatic heterocycles. The van der Waals surface area contributed by atoms with Crippen LogP contribution in [0.4, 0.5) is 0 Å². The van der Waals surface area contributed by atoms with Crippen molar-refractivity contribution < 1.29 is 42.9 Å². The first-order chi connectivity index (χ1) is 17.5. The number of carbonyl (C=O) groups is 5. The Morgan fingerprint density at radius 1 is 1.00 bits per heavy atom. The molecular formula is C29H40O9. The average molecular weight is 533 g/mol. The fourth-order valence-electron chi connectivity index (χ4n) is 8.83. The molecule has 38 heavy (non-hydrogen) atoms. The third-order valence-electron chi connectivity index (χ3n) is 10.8. The number of allylic oxidation sites excluding steroid dienone is 1. The second-order valence-electron chi connectivity index (χ2n) is 12.9. The zero-order chi connectivity index (χ0) is 28.7. The van der Waals surface area contributed by atoms with E-state index in [1.165, 1.54) is 28.1 Å². The summed E-state index contributed by atoms with van der Waals surface area (Å²) in [6.45, 7) is 12.1. The summed E-state index contributed by atoms with van der Waals surface area (Å²) in [5.74, 6) is -3.57. The van der Waals surface area contributed by atoms with Gasteiger partial charge >= 0.3 is 17.9 Å². The van der Waals surface area contributed by atoms with E-state index in [0.717, 1.165) is 11.9 Å². The normalized spacial score (nSPS) is 45.0. The number of aldehydes is 1. The van der Waals surface area contributed by atoms with Crippen molar-refractivity contribution in [2.75, 3.05) is 14.2 Å². The van der Waals surface area contributed by atoms with Gasteiger partial charge in [0.15, 0.2) is 5.78 Å². The van der Waals surface area contributed by atoms with E-state index < -0.39 is 56.5 Å². The Labute approximate surface area is 224 Å². The Kier molecular flexibility index (Phi) is 6.35. The Morgan fingerprint density at radius 2 is 1.63 bits per heavy atom. The van der Waals surface area contributed by atoms with Gasteiger partial charge in [0.2, 0.25) is 5.60 Å². The molecule has 4 rings (SSSR count). The lowest BCUT2D eigenvalue weighted by Gasteiger charge is -2.64. The molecular weight excluding hydrogens is 492 g/mol. The van der Waals surface area contributed by atoms with E-state index >= 15 is 0 Å². The summed E-state index contributed by atoms with van der Waals surface area (Å²) in [4.78, 5) is 65.8. The standard InChI is InChI=1S/C29H40O9/c1-16(31)37-19-11-13-29(15-30)17(24(19,2)3)10-12-25(4)18(29)14-26(5)27(6,20(25)21(32)35-8)22(33)28(7,38-26)23(34)36-9/h14-15,17,19-20H,10-13H2,1-9H3. The molecule has 4 aliphatic rings. The zero-order valence-electron chi connectivity index (χ0n) is 23.9. The van der Waals surface area contributed by atoms with Gasteiger partial charge in [-0.3, -0.25) is 14.4 Å². The van der Waals surface area contributed by atoms with E-state index in [1.807, 2.05) is 26.8 Å². The van der Waals surface area contributed by atoms with E-state index in [-0.39, 0.29) is 18.0 Å². The number of fused-ring (bicyclic) bond motifs is 4. The van der Waals surface area contributed by atoms with Gasteiger partial charge in [-0.25, -0.2) is 4.79 Å². The van der Waals surface area contributed by atoms with Gasteiger partial charge < -0.3 is 23.7 Å². The van der Waals surface area contributed by atoms with Crippen molar-refractivity contribution in [2.45, 2.75) is 91.5 Å². The summed E-state index contributed by atoms with van der Waals surface area (Å²) in [7, 11) is 2.46. The first-order valence-electron chi connectivity index (χ1n) is 13.2. The molecule has 0 aromatic carbocycles. The van der Waals surface area contributed by atoms with Gasteiger partial charge in [0, 0.05) is 17.8 Å². The van der Waals surface area contributed by atoms with Crippen LogP contribution in [-0.4, -0.2) is 61.5 Å². The minimum atomic E-state index is -1.94. The predicted molar refractivity (Wildman–Crippen MR) is 135 cm³/mol. The van der Waals surface area contributed by atoms with Crippen LogP contribution in [0.5, 0.6) is 0 Å². The van der Waals surface area contributed by atoms with E-state index in [1.54, 1.807) is 13.8 Å². The molecule has 0 bridgehead atoms. The summed E-state index contributed by atoms with van der Waals surface area (Å²) in [5, 5.41) is 0. The molecule has 3 fully saturated rings. The van der Waals surface area contributed by atoms with Gasteiger partial charge in [-0.15, -0.1) is 0 Å². The van der Waals surface area contributed by atoms with Crippen LogP contribution in [0.3, 0.4) is 0 Å². The first-order valence-corrected chi connectivity index (χ1v) is 13.2. The summed E-state index contributed by atoms with van der Waals surface area (Å²) in [5.41, 5.74) is -6.54. The van der Waals surface area contributed by atoms with Gasteiger partial charge in [-0.05, 0) is 52.4 Å². The van der Waals surface area contributed by atoms with Crippen molar-refractivity contribution >= 4 is 30.0 Å². The van der Waals surface area contributed by atoms with E-state index in [0.29, 0.717) is 25.7 Å². The summed E-state index contributed by atoms with van der Waals surface area (Å²) < 4.78 is 22.3. The second-order valence-corrected chi connectivity index (χ2v) is 12.9. The highest BCUT2D eigenvalue weighted by molar-refractivity contribution is 6.13. The average Bonchev–Trinajstić information content (AvgIpc) is 3.00. The van der Waals surface area contributed by atoms with Crippen LogP contribution in [-0.2, 0) is 42.9 Å². The third-order valence-corrected chi connectivity index (χ3v) is 10.8. The first kappa shape index (κ1) is 28.5. The number of ketones is 1. The van der Waals surface area contributed by atoms with Gasteiger partial charge in [-0.1, -0.05) is 32.4 Å². The van der Waals surface area contributed by atoms with Crippen molar-refractivity contribution in [3.05, 3.63) is 11.6 Å². The number of carbonyl (C=O) groups excluding carboxylic acids is 5. The van der Waals surface area contributed by atoms with Crippen molar-refractivity contribution in [1.82, 2.24) is 0 Å². The number of hydrogen-bond acceptors (Lipinski definition) is 9. The molecule has 8 unspecified atom stereocenters.